The second-order valence-corrected chi connectivity index (χ2v) is 15.8. The average Bonchev–Trinajstić information content (AvgIpc) is 3.85. The monoisotopic (exact) mass is 781 g/mol. The number of para-hydroxylation sites is 3. The third-order valence-electron chi connectivity index (χ3n) is 12.4. The van der Waals surface area contributed by atoms with Gasteiger partial charge in [-0.15, -0.1) is 0 Å². The number of hydrogen-bond donors (Lipinski definition) is 1. The van der Waals surface area contributed by atoms with E-state index in [1.54, 1.807) is 0 Å². The summed E-state index contributed by atoms with van der Waals surface area (Å²) in [5.41, 5.74) is 12.1. The van der Waals surface area contributed by atoms with Crippen LogP contribution in [0.25, 0.3) is 82.3 Å². The number of nitrogens with one attached hydrogen (secondary N) is 1. The van der Waals surface area contributed by atoms with Crippen LogP contribution in [0.1, 0.15) is 17.4 Å². The number of fused-ring (bicyclic) bond motifs is 9. The lowest BCUT2D eigenvalue weighted by Gasteiger charge is -2.26. The molecule has 0 aliphatic carbocycles. The maximum atomic E-state index is 6.85. The largest absolute Gasteiger partial charge is 0.456 e. The minimum atomic E-state index is -0.428. The number of ether oxygens (including phenoxy) is 1. The summed E-state index contributed by atoms with van der Waals surface area (Å²) >= 11 is 0. The van der Waals surface area contributed by atoms with E-state index < -0.39 is 6.29 Å². The molecule has 2 aromatic heterocycles. The van der Waals surface area contributed by atoms with Crippen LogP contribution in [0.15, 0.2) is 210 Å². The van der Waals surface area contributed by atoms with Crippen molar-refractivity contribution in [2.45, 2.75) is 6.29 Å². The molecule has 13 rings (SSSR count). The van der Waals surface area contributed by atoms with Crippen molar-refractivity contribution in [1.29, 1.82) is 0 Å². The Labute approximate surface area is 351 Å². The summed E-state index contributed by atoms with van der Waals surface area (Å²) in [6, 6.07) is 70.8. The summed E-state index contributed by atoms with van der Waals surface area (Å²) in [5.74, 6) is 3.21. The van der Waals surface area contributed by atoms with Gasteiger partial charge in [0.1, 0.15) is 17.3 Å². The van der Waals surface area contributed by atoms with Crippen molar-refractivity contribution in [3.8, 4) is 39.4 Å². The first kappa shape index (κ1) is 33.7. The zero-order chi connectivity index (χ0) is 40.0. The third-order valence-corrected chi connectivity index (χ3v) is 12.4. The summed E-state index contributed by atoms with van der Waals surface area (Å²) in [6.45, 7) is 0. The van der Waals surface area contributed by atoms with Crippen molar-refractivity contribution in [2.24, 2.45) is 9.98 Å². The number of aliphatic imine (C=N–C) groups is 2. The molecular formula is C55H35N5O. The quantitative estimate of drug-likeness (QED) is 0.189. The zero-order valence-electron chi connectivity index (χ0n) is 32.8. The predicted molar refractivity (Wildman–Crippen MR) is 250 cm³/mol. The summed E-state index contributed by atoms with van der Waals surface area (Å²) in [5, 5.41) is 10.8. The number of aromatic nitrogens is 2. The average molecular weight is 782 g/mol. The molecule has 0 fully saturated rings. The van der Waals surface area contributed by atoms with Crippen LogP contribution >= 0.6 is 0 Å². The van der Waals surface area contributed by atoms with E-state index in [2.05, 4.69) is 178 Å². The molecule has 286 valence electrons. The molecule has 1 N–H and O–H groups in total. The van der Waals surface area contributed by atoms with Gasteiger partial charge in [0.25, 0.3) is 0 Å². The molecule has 0 bridgehead atoms. The first-order valence-electron chi connectivity index (χ1n) is 20.7. The van der Waals surface area contributed by atoms with Gasteiger partial charge in [-0.1, -0.05) is 140 Å². The van der Waals surface area contributed by atoms with E-state index in [1.165, 1.54) is 32.8 Å². The molecule has 6 heteroatoms. The highest BCUT2D eigenvalue weighted by molar-refractivity contribution is 6.26. The van der Waals surface area contributed by atoms with Crippen molar-refractivity contribution in [1.82, 2.24) is 14.5 Å². The Morgan fingerprint density at radius 3 is 1.90 bits per heavy atom. The van der Waals surface area contributed by atoms with Gasteiger partial charge in [-0.05, 0) is 82.7 Å². The highest BCUT2D eigenvalue weighted by atomic mass is 16.5. The van der Waals surface area contributed by atoms with E-state index >= 15 is 0 Å². The molecule has 0 saturated heterocycles. The predicted octanol–water partition coefficient (Wildman–Crippen LogP) is 13.4. The lowest BCUT2D eigenvalue weighted by molar-refractivity contribution is 0.487. The molecule has 4 heterocycles. The van der Waals surface area contributed by atoms with Gasteiger partial charge in [0.15, 0.2) is 5.84 Å². The zero-order valence-corrected chi connectivity index (χ0v) is 32.8. The number of rotatable bonds is 5. The van der Waals surface area contributed by atoms with E-state index in [0.717, 1.165) is 78.0 Å². The normalized spacial score (nSPS) is 14.5. The molecule has 61 heavy (non-hydrogen) atoms. The fraction of sp³-hybridized carbons (Fsp3) is 0.0182. The van der Waals surface area contributed by atoms with E-state index in [0.29, 0.717) is 5.84 Å². The Kier molecular flexibility index (Phi) is 7.27. The van der Waals surface area contributed by atoms with E-state index in [-0.39, 0.29) is 0 Å². The van der Waals surface area contributed by atoms with Gasteiger partial charge < -0.3 is 19.2 Å². The first-order valence-corrected chi connectivity index (χ1v) is 20.7. The fourth-order valence-corrected chi connectivity index (χ4v) is 9.66. The molecule has 0 spiro atoms. The highest BCUT2D eigenvalue weighted by Crippen LogP contribution is 2.51. The summed E-state index contributed by atoms with van der Waals surface area (Å²) in [7, 11) is 0. The Morgan fingerprint density at radius 2 is 1.08 bits per heavy atom. The number of hydrogen-bond acceptors (Lipinski definition) is 4. The van der Waals surface area contributed by atoms with Crippen molar-refractivity contribution in [3.63, 3.8) is 0 Å². The summed E-state index contributed by atoms with van der Waals surface area (Å²) in [4.78, 5) is 10.3. The minimum absolute atomic E-state index is 0.428. The lowest BCUT2D eigenvalue weighted by atomic mass is 9.90. The van der Waals surface area contributed by atoms with Crippen LogP contribution in [-0.4, -0.2) is 20.8 Å². The van der Waals surface area contributed by atoms with Gasteiger partial charge >= 0.3 is 0 Å². The Hall–Kier alpha value is -8.22. The van der Waals surface area contributed by atoms with Crippen LogP contribution in [0.4, 0.5) is 0 Å². The van der Waals surface area contributed by atoms with Crippen LogP contribution in [0.2, 0.25) is 0 Å². The molecule has 2 aliphatic heterocycles. The summed E-state index contributed by atoms with van der Waals surface area (Å²) in [6.07, 6.45) is -0.428. The first-order chi connectivity index (χ1) is 30.2. The van der Waals surface area contributed by atoms with Crippen molar-refractivity contribution < 1.29 is 4.74 Å². The molecule has 9 aromatic carbocycles. The Bertz CT molecular complexity index is 3640. The van der Waals surface area contributed by atoms with Crippen LogP contribution in [0.5, 0.6) is 11.5 Å². The maximum Gasteiger partial charge on any atom is 0.204 e. The number of amidine groups is 2. The topological polar surface area (TPSA) is 55.8 Å². The van der Waals surface area contributed by atoms with Crippen LogP contribution in [0.3, 0.4) is 0 Å². The molecule has 0 amide bonds. The van der Waals surface area contributed by atoms with Crippen LogP contribution < -0.4 is 10.1 Å². The molecule has 1 atom stereocenters. The molecule has 0 radical (unpaired) electrons. The standard InChI is InChI=1S/C55H35N5O/c1-4-15-34(16-5-1)53-56-54(35-17-6-2-7-18-35)58-55(57-53)60-45-24-12-10-21-39(45)43-31-36(28-30-47(43)60)37-27-29-40-44-33-48-51(42-23-14-26-49(52(42)44)61-50(40)32-37)41-22-11-13-25-46(41)59(48)38-19-8-3-9-20-38/h1-33,55H,(H,56,57,58). The van der Waals surface area contributed by atoms with Crippen molar-refractivity contribution >= 4 is 66.1 Å². The molecular weight excluding hydrogens is 747 g/mol. The maximum absolute atomic E-state index is 6.85. The van der Waals surface area contributed by atoms with Gasteiger partial charge in [-0.25, -0.2) is 9.98 Å². The SMILES string of the molecule is c1ccc(C2=NC(n3c4ccccc4c4cc(-c5ccc6c(c5)Oc5cccc7c5c-6cc5c7c6ccccc6n5-c5ccccc5)ccc43)NC(c3ccccc3)=N2)cc1. The van der Waals surface area contributed by atoms with E-state index in [4.69, 9.17) is 14.7 Å². The van der Waals surface area contributed by atoms with Gasteiger partial charge in [-0.3, -0.25) is 0 Å². The second-order valence-electron chi connectivity index (χ2n) is 15.8. The lowest BCUT2D eigenvalue weighted by Crippen LogP contribution is -2.36. The van der Waals surface area contributed by atoms with E-state index in [9.17, 15) is 0 Å². The van der Waals surface area contributed by atoms with Gasteiger partial charge in [0.2, 0.25) is 6.29 Å². The second kappa shape index (κ2) is 13.1. The minimum Gasteiger partial charge on any atom is -0.456 e. The molecule has 0 saturated carbocycles. The van der Waals surface area contributed by atoms with Crippen molar-refractivity contribution in [2.75, 3.05) is 0 Å². The van der Waals surface area contributed by atoms with E-state index in [1.807, 2.05) is 36.4 Å². The number of nitrogens with zero attached hydrogens (tertiary/aromatic N) is 4. The Balaban J connectivity index is 0.951. The smallest absolute Gasteiger partial charge is 0.204 e. The molecule has 6 nitrogen and oxygen atoms in total. The summed E-state index contributed by atoms with van der Waals surface area (Å²) < 4.78 is 11.6. The fourth-order valence-electron chi connectivity index (χ4n) is 9.66. The van der Waals surface area contributed by atoms with Gasteiger partial charge in [0, 0.05) is 49.3 Å². The molecule has 2 aliphatic rings. The van der Waals surface area contributed by atoms with Gasteiger partial charge in [-0.2, -0.15) is 0 Å². The van der Waals surface area contributed by atoms with Crippen LogP contribution in [-0.2, 0) is 0 Å². The van der Waals surface area contributed by atoms with Gasteiger partial charge in [0.05, 0.1) is 22.1 Å². The Morgan fingerprint density at radius 1 is 0.426 bits per heavy atom. The highest BCUT2D eigenvalue weighted by Gasteiger charge is 2.27. The van der Waals surface area contributed by atoms with Crippen LogP contribution in [0, 0.1) is 0 Å². The number of benzene rings is 9. The molecule has 11 aromatic rings. The van der Waals surface area contributed by atoms with Crippen molar-refractivity contribution in [3.05, 3.63) is 211 Å². The molecule has 1 unspecified atom stereocenters. The third kappa shape index (κ3) is 5.15.